The molecule has 1 atom stereocenters. The Hall–Kier alpha value is -1.75. The average Bonchev–Trinajstić information content (AvgIpc) is 2.86. The van der Waals surface area contributed by atoms with Gasteiger partial charge in [-0.15, -0.1) is 0 Å². The highest BCUT2D eigenvalue weighted by Gasteiger charge is 2.13. The fraction of sp³-hybridized carbons (Fsp3) is 0.154. The van der Waals surface area contributed by atoms with Crippen molar-refractivity contribution in [3.05, 3.63) is 57.8 Å². The molecule has 1 unspecified atom stereocenters. The van der Waals surface area contributed by atoms with Gasteiger partial charge in [-0.3, -0.25) is 4.79 Å². The molecule has 1 N–H and O–H groups in total. The van der Waals surface area contributed by atoms with Gasteiger partial charge in [0, 0.05) is 5.38 Å². The van der Waals surface area contributed by atoms with Gasteiger partial charge < -0.3 is 5.32 Å². The van der Waals surface area contributed by atoms with E-state index in [-0.39, 0.29) is 11.9 Å². The fourth-order valence-corrected chi connectivity index (χ4v) is 2.17. The maximum absolute atomic E-state index is 13.1. The van der Waals surface area contributed by atoms with Crippen LogP contribution in [0.3, 0.4) is 0 Å². The first-order chi connectivity index (χ1) is 8.58. The topological polar surface area (TPSA) is 29.1 Å². The van der Waals surface area contributed by atoms with E-state index < -0.39 is 11.6 Å². The van der Waals surface area contributed by atoms with Crippen molar-refractivity contribution in [3.8, 4) is 0 Å². The first kappa shape index (κ1) is 12.7. The van der Waals surface area contributed by atoms with E-state index in [1.165, 1.54) is 17.4 Å². The van der Waals surface area contributed by atoms with Gasteiger partial charge in [-0.1, -0.05) is 6.07 Å². The van der Waals surface area contributed by atoms with Crippen LogP contribution < -0.4 is 5.32 Å². The van der Waals surface area contributed by atoms with Crippen LogP contribution in [0.15, 0.2) is 35.0 Å². The number of halogens is 2. The second kappa shape index (κ2) is 5.27. The molecular formula is C13H11F2NOS. The van der Waals surface area contributed by atoms with Crippen LogP contribution >= 0.6 is 11.3 Å². The van der Waals surface area contributed by atoms with Gasteiger partial charge in [-0.25, -0.2) is 8.78 Å². The lowest BCUT2D eigenvalue weighted by Gasteiger charge is -2.14. The highest BCUT2D eigenvalue weighted by Crippen LogP contribution is 2.17. The summed E-state index contributed by atoms with van der Waals surface area (Å²) in [7, 11) is 0. The first-order valence-electron chi connectivity index (χ1n) is 5.36. The molecule has 1 aromatic carbocycles. The number of hydrogen-bond donors (Lipinski definition) is 1. The maximum atomic E-state index is 13.1. The van der Waals surface area contributed by atoms with Crippen molar-refractivity contribution in [2.45, 2.75) is 13.0 Å². The second-order valence-electron chi connectivity index (χ2n) is 3.88. The number of carbonyl (C=O) groups excluding carboxylic acids is 1. The standard InChI is InChI=1S/C13H11F2NOS/c1-8(9-2-3-11(14)12(15)6-9)16-13(17)10-4-5-18-7-10/h2-8H,1H3,(H,16,17). The van der Waals surface area contributed by atoms with E-state index in [0.717, 1.165) is 12.1 Å². The summed E-state index contributed by atoms with van der Waals surface area (Å²) in [5.74, 6) is -2.03. The molecule has 0 aliphatic carbocycles. The van der Waals surface area contributed by atoms with E-state index in [1.807, 2.05) is 0 Å². The largest absolute Gasteiger partial charge is 0.345 e. The molecule has 0 aliphatic rings. The molecular weight excluding hydrogens is 256 g/mol. The van der Waals surface area contributed by atoms with Crippen LogP contribution in [0.25, 0.3) is 0 Å². The minimum absolute atomic E-state index is 0.228. The lowest BCUT2D eigenvalue weighted by atomic mass is 10.1. The third-order valence-electron chi connectivity index (χ3n) is 2.57. The summed E-state index contributed by atoms with van der Waals surface area (Å²) in [5, 5.41) is 6.26. The normalized spacial score (nSPS) is 12.2. The van der Waals surface area contributed by atoms with Crippen molar-refractivity contribution >= 4 is 17.2 Å². The molecule has 94 valence electrons. The molecule has 0 bridgehead atoms. The zero-order chi connectivity index (χ0) is 13.1. The predicted octanol–water partition coefficient (Wildman–Crippen LogP) is 3.52. The molecule has 2 rings (SSSR count). The highest BCUT2D eigenvalue weighted by molar-refractivity contribution is 7.08. The molecule has 1 aromatic heterocycles. The quantitative estimate of drug-likeness (QED) is 0.905. The smallest absolute Gasteiger partial charge is 0.252 e. The number of amides is 1. The highest BCUT2D eigenvalue weighted by atomic mass is 32.1. The zero-order valence-electron chi connectivity index (χ0n) is 9.61. The Labute approximate surface area is 107 Å². The van der Waals surface area contributed by atoms with Crippen LogP contribution in [0.4, 0.5) is 8.78 Å². The van der Waals surface area contributed by atoms with Gasteiger partial charge in [0.2, 0.25) is 0 Å². The van der Waals surface area contributed by atoms with Gasteiger partial charge >= 0.3 is 0 Å². The van der Waals surface area contributed by atoms with Crippen molar-refractivity contribution in [1.29, 1.82) is 0 Å². The van der Waals surface area contributed by atoms with E-state index in [1.54, 1.807) is 23.8 Å². The van der Waals surface area contributed by atoms with Gasteiger partial charge in [0.1, 0.15) is 0 Å². The van der Waals surface area contributed by atoms with Gasteiger partial charge in [0.15, 0.2) is 11.6 Å². The summed E-state index contributed by atoms with van der Waals surface area (Å²) in [6.45, 7) is 1.72. The Balaban J connectivity index is 2.10. The van der Waals surface area contributed by atoms with Gasteiger partial charge in [0.05, 0.1) is 11.6 Å². The van der Waals surface area contributed by atoms with Gasteiger partial charge in [-0.05, 0) is 36.1 Å². The summed E-state index contributed by atoms with van der Waals surface area (Å²) in [5.41, 5.74) is 1.09. The van der Waals surface area contributed by atoms with E-state index >= 15 is 0 Å². The molecule has 0 radical (unpaired) electrons. The molecule has 0 saturated carbocycles. The predicted molar refractivity (Wildman–Crippen MR) is 66.6 cm³/mol. The van der Waals surface area contributed by atoms with Gasteiger partial charge in [0.25, 0.3) is 5.91 Å². The van der Waals surface area contributed by atoms with Crippen molar-refractivity contribution in [3.63, 3.8) is 0 Å². The lowest BCUT2D eigenvalue weighted by Crippen LogP contribution is -2.26. The Morgan fingerprint density at radius 3 is 2.67 bits per heavy atom. The van der Waals surface area contributed by atoms with E-state index in [2.05, 4.69) is 5.32 Å². The maximum Gasteiger partial charge on any atom is 0.252 e. The molecule has 0 fully saturated rings. The van der Waals surface area contributed by atoms with Crippen LogP contribution in [0.1, 0.15) is 28.9 Å². The molecule has 18 heavy (non-hydrogen) atoms. The van der Waals surface area contributed by atoms with Crippen LogP contribution in [0.5, 0.6) is 0 Å². The van der Waals surface area contributed by atoms with Crippen LogP contribution in [0, 0.1) is 11.6 Å². The minimum atomic E-state index is -0.913. The molecule has 0 saturated heterocycles. The number of carbonyl (C=O) groups is 1. The third-order valence-corrected chi connectivity index (χ3v) is 3.26. The van der Waals surface area contributed by atoms with Crippen LogP contribution in [-0.4, -0.2) is 5.91 Å². The summed E-state index contributed by atoms with van der Waals surface area (Å²) >= 11 is 1.42. The Morgan fingerprint density at radius 1 is 1.28 bits per heavy atom. The van der Waals surface area contributed by atoms with E-state index in [4.69, 9.17) is 0 Å². The number of benzene rings is 1. The van der Waals surface area contributed by atoms with Crippen LogP contribution in [-0.2, 0) is 0 Å². The summed E-state index contributed by atoms with van der Waals surface area (Å²) in [6.07, 6.45) is 0. The summed E-state index contributed by atoms with van der Waals surface area (Å²) in [4.78, 5) is 11.8. The number of nitrogens with one attached hydrogen (secondary N) is 1. The Morgan fingerprint density at radius 2 is 2.06 bits per heavy atom. The number of rotatable bonds is 3. The molecule has 0 spiro atoms. The second-order valence-corrected chi connectivity index (χ2v) is 4.66. The molecule has 0 aliphatic heterocycles. The lowest BCUT2D eigenvalue weighted by molar-refractivity contribution is 0.0940. The minimum Gasteiger partial charge on any atom is -0.345 e. The van der Waals surface area contributed by atoms with Crippen molar-refractivity contribution in [2.75, 3.05) is 0 Å². The van der Waals surface area contributed by atoms with Crippen LogP contribution in [0.2, 0.25) is 0 Å². The zero-order valence-corrected chi connectivity index (χ0v) is 10.4. The average molecular weight is 267 g/mol. The number of thiophene rings is 1. The fourth-order valence-electron chi connectivity index (χ4n) is 1.54. The number of hydrogen-bond acceptors (Lipinski definition) is 2. The molecule has 5 heteroatoms. The first-order valence-corrected chi connectivity index (χ1v) is 6.30. The molecule has 2 nitrogen and oxygen atoms in total. The Kier molecular flexibility index (Phi) is 3.72. The van der Waals surface area contributed by atoms with Crippen molar-refractivity contribution in [2.24, 2.45) is 0 Å². The molecule has 2 aromatic rings. The summed E-state index contributed by atoms with van der Waals surface area (Å²) < 4.78 is 25.9. The van der Waals surface area contributed by atoms with Gasteiger partial charge in [-0.2, -0.15) is 11.3 Å². The third kappa shape index (κ3) is 2.73. The van der Waals surface area contributed by atoms with Crippen molar-refractivity contribution < 1.29 is 13.6 Å². The van der Waals surface area contributed by atoms with Crippen molar-refractivity contribution in [1.82, 2.24) is 5.32 Å². The summed E-state index contributed by atoms with van der Waals surface area (Å²) in [6, 6.07) is 4.92. The monoisotopic (exact) mass is 267 g/mol. The van der Waals surface area contributed by atoms with E-state index in [0.29, 0.717) is 11.1 Å². The SMILES string of the molecule is CC(NC(=O)c1ccsc1)c1ccc(F)c(F)c1. The molecule has 1 heterocycles. The molecule has 1 amide bonds. The Bertz CT molecular complexity index is 554. The van der Waals surface area contributed by atoms with E-state index in [9.17, 15) is 13.6 Å².